The Kier molecular flexibility index (Phi) is 38.2. The van der Waals surface area contributed by atoms with Crippen LogP contribution in [-0.2, 0) is 89.3 Å². The van der Waals surface area contributed by atoms with Gasteiger partial charge in [-0.05, 0) is 112 Å². The third-order valence-electron chi connectivity index (χ3n) is 20.6. The molecule has 38 heteroatoms. The van der Waals surface area contributed by atoms with E-state index >= 15 is 9.59 Å². The molecule has 5 aliphatic rings. The number of nitrogens with zero attached hydrogens (tertiary/aromatic N) is 4. The number of fused-ring (bicyclic) bond motifs is 2. The van der Waals surface area contributed by atoms with E-state index in [9.17, 15) is 62.6 Å². The Labute approximate surface area is 685 Å². The maximum atomic E-state index is 15.3. The van der Waals surface area contributed by atoms with Crippen molar-refractivity contribution < 1.29 is 81.4 Å². The number of phenols is 1. The number of primary amides is 3. The van der Waals surface area contributed by atoms with Gasteiger partial charge < -0.3 is 101 Å². The summed E-state index contributed by atoms with van der Waals surface area (Å²) in [6, 6.07) is 0.747. The largest absolute Gasteiger partial charge is 0.508 e. The first-order chi connectivity index (χ1) is 55.5. The number of rotatable bonds is 34. The number of aromatic hydroxyl groups is 1. The minimum Gasteiger partial charge on any atom is -0.508 e. The van der Waals surface area contributed by atoms with Crippen LogP contribution in [0.25, 0.3) is 0 Å². The van der Waals surface area contributed by atoms with Crippen LogP contribution in [-0.4, -0.2) is 235 Å². The van der Waals surface area contributed by atoms with Crippen LogP contribution < -0.4 is 76.6 Å². The molecule has 13 atom stereocenters. The number of phenolic OH excluding ortho intramolecular Hbond substituents is 1. The smallest absolute Gasteiger partial charge is 0.246 e. The minimum atomic E-state index is -1.87. The number of allylic oxidation sites excluding steroid dienone is 2. The van der Waals surface area contributed by atoms with E-state index in [1.54, 1.807) is 75.1 Å². The summed E-state index contributed by atoms with van der Waals surface area (Å²) in [5.41, 5.74) is 24.1. The minimum absolute atomic E-state index is 0.0325. The van der Waals surface area contributed by atoms with Crippen LogP contribution in [0.3, 0.4) is 0 Å². The molecule has 2 aliphatic carbocycles. The zero-order chi connectivity index (χ0) is 84.5. The van der Waals surface area contributed by atoms with Gasteiger partial charge in [0.25, 0.3) is 0 Å². The molecule has 2 aromatic carbocycles. The van der Waals surface area contributed by atoms with Crippen LogP contribution in [0.4, 0.5) is 0 Å². The fourth-order valence-corrected chi connectivity index (χ4v) is 18.1. The zero-order valence-electron chi connectivity index (χ0n) is 66.6. The van der Waals surface area contributed by atoms with Crippen LogP contribution in [0.5, 0.6) is 5.75 Å². The molecule has 2 saturated heterocycles. The van der Waals surface area contributed by atoms with E-state index in [-0.39, 0.29) is 111 Å². The van der Waals surface area contributed by atoms with Gasteiger partial charge in [-0.3, -0.25) is 72.1 Å². The lowest BCUT2D eigenvalue weighted by Crippen LogP contribution is -2.62. The molecular weight excluding hydrogens is 1550 g/mol. The van der Waals surface area contributed by atoms with E-state index in [1.807, 2.05) is 6.08 Å². The molecule has 14 amide bonds. The number of ether oxygens (including phenoxy) is 1. The standard InChI is InChI=1S/C78H115N18O17S2Si/c1-6-46(4)68-77(110)88-52(28-29-62(80)98)72(105)90-55(39-63(81)99)73(106)92-57(78(111)95-34-15-21-59(95)76(109)91-53(37-45(2)3)71(104)86-40-64(82)100)44-115-114-43-56(75(108)89-54(74(107)93-68)38-47-24-26-49(97)27-25-47)87-66(102)41-85-69-50-18-8-7-17-48(50)42-96(58-20-10-9-19-51(58)70(69)94-83)67(103)31-30-65(101)84-33-13-14-35-112-60-22-11-12-23-61(60)113-116(5)36-16-32-79/h7-10,17-20,24-27,45-46,51-61,68,97H,6,11-16,21-23,28-44,79,83H2,1-5H3,(H2,80,98)(H2,81,99)(H2,82,100)(H,84,101)(H,86,104)(H,87,102)(H,88,110)(H,89,108)(H,90,105)(H,91,109)(H,92,106)(H,93,107)/t46?,51?,52-,53?,54-,55-,56?,57?,58?,59?,60?,61?,68?/m0/s1. The highest BCUT2D eigenvalue weighted by atomic mass is 33.1. The molecule has 3 fully saturated rings. The first kappa shape index (κ1) is 93.4. The highest BCUT2D eigenvalue weighted by molar-refractivity contribution is 8.76. The van der Waals surface area contributed by atoms with Crippen molar-refractivity contribution in [2.75, 3.05) is 50.8 Å². The van der Waals surface area contributed by atoms with Gasteiger partial charge in [-0.25, -0.2) is 0 Å². The Hall–Kier alpha value is -9.76. The van der Waals surface area contributed by atoms with Gasteiger partial charge in [-0.2, -0.15) is 5.10 Å². The quantitative estimate of drug-likeness (QED) is 0.0142. The number of carbonyl (C=O) groups is 14. The number of nitrogens with one attached hydrogen (secondary N) is 9. The van der Waals surface area contributed by atoms with Gasteiger partial charge in [0.05, 0.1) is 42.6 Å². The highest BCUT2D eigenvalue weighted by Gasteiger charge is 2.43. The molecule has 2 aromatic rings. The topological polar surface area (TPSA) is 547 Å². The number of hydrogen-bond acceptors (Lipinski definition) is 23. The van der Waals surface area contributed by atoms with Gasteiger partial charge >= 0.3 is 0 Å². The normalized spacial score (nSPS) is 24.3. The molecule has 1 radical (unpaired) electrons. The van der Waals surface area contributed by atoms with Crippen LogP contribution in [0.1, 0.15) is 147 Å². The highest BCUT2D eigenvalue weighted by Crippen LogP contribution is 2.32. The molecule has 10 unspecified atom stereocenters. The molecule has 3 heterocycles. The Morgan fingerprint density at radius 1 is 0.724 bits per heavy atom. The molecule has 1 saturated carbocycles. The summed E-state index contributed by atoms with van der Waals surface area (Å²) in [5, 5.41) is 38.4. The van der Waals surface area contributed by atoms with Crippen LogP contribution in [0.15, 0.2) is 82.9 Å². The number of nitrogens with two attached hydrogens (primary N) is 5. The summed E-state index contributed by atoms with van der Waals surface area (Å²) in [6.07, 6.45) is 12.0. The molecule has 35 nitrogen and oxygen atoms in total. The summed E-state index contributed by atoms with van der Waals surface area (Å²) < 4.78 is 12.8. The number of hydrazone groups is 1. The summed E-state index contributed by atoms with van der Waals surface area (Å²) in [6.45, 7) is 9.44. The van der Waals surface area contributed by atoms with Gasteiger partial charge in [0, 0.05) is 74.9 Å². The van der Waals surface area contributed by atoms with Gasteiger partial charge in [0.1, 0.15) is 60.6 Å². The van der Waals surface area contributed by atoms with Crippen LogP contribution in [0, 0.1) is 17.8 Å². The summed E-state index contributed by atoms with van der Waals surface area (Å²) in [7, 11) is 0.854. The first-order valence-electron chi connectivity index (χ1n) is 39.7. The predicted octanol–water partition coefficient (Wildman–Crippen LogP) is -0.203. The lowest BCUT2D eigenvalue weighted by Gasteiger charge is -2.38. The fraction of sp³-hybridized carbons (Fsp3) is 0.590. The van der Waals surface area contributed by atoms with Crippen molar-refractivity contribution in [2.45, 2.75) is 223 Å². The van der Waals surface area contributed by atoms with Crippen LogP contribution in [0.2, 0.25) is 12.6 Å². The van der Waals surface area contributed by atoms with E-state index in [0.29, 0.717) is 42.8 Å². The Balaban J connectivity index is 1.17. The molecule has 635 valence electrons. The van der Waals surface area contributed by atoms with E-state index in [1.165, 1.54) is 29.2 Å². The third-order valence-corrected chi connectivity index (χ3v) is 24.8. The number of unbranched alkanes of at least 4 members (excludes halogenated alkanes) is 1. The Bertz CT molecular complexity index is 3910. The van der Waals surface area contributed by atoms with Crippen LogP contribution >= 0.6 is 21.6 Å². The number of hydrogen-bond donors (Lipinski definition) is 15. The number of carbonyl (C=O) groups excluding carboxylic acids is 14. The Morgan fingerprint density at radius 3 is 2.11 bits per heavy atom. The molecule has 3 aliphatic heterocycles. The second kappa shape index (κ2) is 47.4. The maximum absolute atomic E-state index is 15.3. The molecule has 0 aromatic heterocycles. The molecule has 116 heavy (non-hydrogen) atoms. The number of amides is 14. The average molecular weight is 1670 g/mol. The molecular formula is C78H115N18O17S2Si. The third kappa shape index (κ3) is 29.1. The Morgan fingerprint density at radius 2 is 1.41 bits per heavy atom. The molecule has 20 N–H and O–H groups in total. The average Bonchev–Trinajstić information content (AvgIpc) is 0.960. The lowest BCUT2D eigenvalue weighted by molar-refractivity contribution is -0.142. The summed E-state index contributed by atoms with van der Waals surface area (Å²) >= 11 is 0. The fourth-order valence-electron chi connectivity index (χ4n) is 14.2. The first-order valence-corrected chi connectivity index (χ1v) is 44.3. The summed E-state index contributed by atoms with van der Waals surface area (Å²) in [5.74, 6) is -7.91. The predicted molar refractivity (Wildman–Crippen MR) is 439 cm³/mol. The van der Waals surface area contributed by atoms with Crippen molar-refractivity contribution >= 4 is 125 Å². The van der Waals surface area contributed by atoms with E-state index < -0.39 is 184 Å². The van der Waals surface area contributed by atoms with Crippen molar-refractivity contribution in [3.05, 3.63) is 89.5 Å². The lowest BCUT2D eigenvalue weighted by atomic mass is 9.82. The van der Waals surface area contributed by atoms with E-state index in [2.05, 4.69) is 59.5 Å². The molecule has 0 bridgehead atoms. The van der Waals surface area contributed by atoms with Gasteiger partial charge in [0.15, 0.2) is 0 Å². The van der Waals surface area contributed by atoms with Crippen molar-refractivity contribution in [3.63, 3.8) is 0 Å². The van der Waals surface area contributed by atoms with Crippen molar-refractivity contribution in [3.8, 4) is 5.75 Å². The number of aliphatic imine (C=N–C) groups is 1. The van der Waals surface area contributed by atoms with E-state index in [0.717, 1.165) is 66.2 Å². The molecule has 7 rings (SSSR count). The van der Waals surface area contributed by atoms with Gasteiger partial charge in [-0.1, -0.05) is 129 Å². The zero-order valence-corrected chi connectivity index (χ0v) is 69.2. The molecule has 0 spiro atoms. The monoisotopic (exact) mass is 1670 g/mol. The van der Waals surface area contributed by atoms with Gasteiger partial charge in [-0.15, -0.1) is 0 Å². The number of benzene rings is 2. The summed E-state index contributed by atoms with van der Waals surface area (Å²) in [4.78, 5) is 204. The van der Waals surface area contributed by atoms with Crippen molar-refractivity contribution in [1.29, 1.82) is 0 Å². The second-order valence-electron chi connectivity index (χ2n) is 30.1. The van der Waals surface area contributed by atoms with E-state index in [4.69, 9.17) is 42.9 Å². The van der Waals surface area contributed by atoms with Crippen molar-refractivity contribution in [2.24, 2.45) is 56.6 Å². The van der Waals surface area contributed by atoms with Gasteiger partial charge in [0.2, 0.25) is 91.7 Å². The second-order valence-corrected chi connectivity index (χ2v) is 34.8. The maximum Gasteiger partial charge on any atom is 0.246 e. The number of likely N-dealkylation sites (tertiary alicyclic amines) is 1. The van der Waals surface area contributed by atoms with Crippen molar-refractivity contribution in [1.82, 2.24) is 57.7 Å². The SMILES string of the molecule is CCC(C)C1NC(=O)[C@H](Cc2ccc(O)cc2)NC(=O)C(NC(=O)CN=C2C(=NN)C3C=CC=CC3N(C(=O)CCC(=O)NCCCCOC3CCCCC3O[Si](C)CCCN)Cc3ccccc32)CSSCC(C(=O)N2CCCC2C(=O)NC(CC(C)C)C(=O)NCC(N)=O)NC(=O)[C@H](CC(N)=O)NC(=O)[C@H](CCC(N)=O)NC1=O.